The molecule has 0 bridgehead atoms. The fourth-order valence-electron chi connectivity index (χ4n) is 4.27. The number of carboxylic acids is 2. The van der Waals surface area contributed by atoms with Crippen molar-refractivity contribution in [1.29, 1.82) is 0 Å². The van der Waals surface area contributed by atoms with E-state index in [2.05, 4.69) is 0 Å². The normalized spacial score (nSPS) is 25.7. The van der Waals surface area contributed by atoms with E-state index in [4.69, 9.17) is 35.9 Å². The van der Waals surface area contributed by atoms with Crippen LogP contribution in [-0.4, -0.2) is 96.8 Å². The first-order chi connectivity index (χ1) is 19.8. The molecule has 0 aliphatic carbocycles. The van der Waals surface area contributed by atoms with E-state index in [0.29, 0.717) is 18.5 Å². The maximum Gasteiger partial charge on any atom is 0.335 e. The number of carboxylic acid groups (broad SMARTS) is 2. The number of phenols is 2. The Labute approximate surface area is 239 Å². The Hall–Kier alpha value is -3.99. The van der Waals surface area contributed by atoms with Crippen LogP contribution < -0.4 is 20.9 Å². The number of hydrogen-bond donors (Lipinski definition) is 9. The molecular weight excluding hydrogens is 560 g/mol. The molecule has 42 heavy (non-hydrogen) atoms. The number of Topliss-reactive ketones (excluding diaryl/α,β-unsaturated/α-hetero) is 1. The van der Waals surface area contributed by atoms with Crippen molar-refractivity contribution >= 4 is 17.7 Å². The predicted octanol–water partition coefficient (Wildman–Crippen LogP) is -0.397. The third kappa shape index (κ3) is 7.84. The van der Waals surface area contributed by atoms with Crippen LogP contribution in [0.5, 0.6) is 23.0 Å². The lowest BCUT2D eigenvalue weighted by atomic mass is 9.95. The first-order valence-corrected chi connectivity index (χ1v) is 13.0. The topological polar surface area (TPSA) is 273 Å². The molecule has 2 aliphatic heterocycles. The number of benzene rings is 2. The third-order valence-corrected chi connectivity index (χ3v) is 6.59. The van der Waals surface area contributed by atoms with Gasteiger partial charge >= 0.3 is 11.9 Å². The summed E-state index contributed by atoms with van der Waals surface area (Å²) in [6.07, 6.45) is -7.69. The summed E-state index contributed by atoms with van der Waals surface area (Å²) < 4.78 is 16.3. The fourth-order valence-corrected chi connectivity index (χ4v) is 4.27. The van der Waals surface area contributed by atoms with Crippen LogP contribution in [0.2, 0.25) is 0 Å². The summed E-state index contributed by atoms with van der Waals surface area (Å²) in [4.78, 5) is 34.0. The Bertz CT molecular complexity index is 1260. The van der Waals surface area contributed by atoms with Crippen LogP contribution in [0.4, 0.5) is 0 Å². The van der Waals surface area contributed by atoms with Crippen LogP contribution in [-0.2, 0) is 14.3 Å². The van der Waals surface area contributed by atoms with Crippen molar-refractivity contribution in [2.45, 2.75) is 68.5 Å². The molecule has 2 aromatic rings. The van der Waals surface area contributed by atoms with Gasteiger partial charge in [-0.25, -0.2) is 4.79 Å². The summed E-state index contributed by atoms with van der Waals surface area (Å²) in [5.41, 5.74) is 11.0. The van der Waals surface area contributed by atoms with Crippen molar-refractivity contribution in [3.8, 4) is 23.0 Å². The van der Waals surface area contributed by atoms with E-state index in [-0.39, 0.29) is 29.2 Å². The van der Waals surface area contributed by atoms with E-state index in [1.54, 1.807) is 12.1 Å². The summed E-state index contributed by atoms with van der Waals surface area (Å²) in [6, 6.07) is 7.65. The Morgan fingerprint density at radius 2 is 1.67 bits per heavy atom. The summed E-state index contributed by atoms with van der Waals surface area (Å²) in [6.45, 7) is 0.604. The van der Waals surface area contributed by atoms with Gasteiger partial charge in [0.2, 0.25) is 6.29 Å². The number of carbonyl (C=O) groups excluding carboxylic acids is 1. The number of phenolic OH excluding ortho intramolecular Hbond substituents is 2. The predicted molar refractivity (Wildman–Crippen MR) is 142 cm³/mol. The zero-order chi connectivity index (χ0) is 31.1. The molecule has 230 valence electrons. The molecule has 0 aromatic heterocycles. The Kier molecular flexibility index (Phi) is 11.0. The van der Waals surface area contributed by atoms with Crippen molar-refractivity contribution in [2.24, 2.45) is 11.5 Å². The lowest BCUT2D eigenvalue weighted by molar-refractivity contribution is -0.271. The van der Waals surface area contributed by atoms with E-state index in [0.717, 1.165) is 18.9 Å². The molecule has 15 nitrogen and oxygen atoms in total. The van der Waals surface area contributed by atoms with Crippen LogP contribution in [0.3, 0.4) is 0 Å². The second-order valence-corrected chi connectivity index (χ2v) is 9.72. The first kappa shape index (κ1) is 32.5. The van der Waals surface area contributed by atoms with Gasteiger partial charge in [0, 0.05) is 12.1 Å². The number of nitrogens with two attached hydrogens (primary N) is 2. The average Bonchev–Trinajstić information content (AvgIpc) is 2.93. The van der Waals surface area contributed by atoms with Crippen LogP contribution in [0, 0.1) is 0 Å². The van der Waals surface area contributed by atoms with Gasteiger partial charge in [0.15, 0.2) is 11.9 Å². The number of carbonyl (C=O) groups is 3. The van der Waals surface area contributed by atoms with Gasteiger partial charge in [-0.1, -0.05) is 18.6 Å². The zero-order valence-electron chi connectivity index (χ0n) is 22.3. The molecule has 0 radical (unpaired) electrons. The van der Waals surface area contributed by atoms with Crippen molar-refractivity contribution in [3.63, 3.8) is 0 Å². The number of fused-ring (bicyclic) bond motifs is 1. The number of aliphatic carboxylic acids is 2. The van der Waals surface area contributed by atoms with Gasteiger partial charge in [-0.2, -0.15) is 0 Å². The van der Waals surface area contributed by atoms with E-state index < -0.39 is 66.3 Å². The van der Waals surface area contributed by atoms with Gasteiger partial charge in [0.05, 0.1) is 6.42 Å². The van der Waals surface area contributed by atoms with E-state index in [1.165, 1.54) is 18.2 Å². The van der Waals surface area contributed by atoms with Crippen molar-refractivity contribution in [2.75, 3.05) is 6.54 Å². The molecule has 2 unspecified atom stereocenters. The highest BCUT2D eigenvalue weighted by molar-refractivity contribution is 6.02. The largest absolute Gasteiger partial charge is 0.508 e. The first-order valence-electron chi connectivity index (χ1n) is 13.0. The molecule has 7 atom stereocenters. The number of aromatic hydroxyl groups is 2. The lowest BCUT2D eigenvalue weighted by Gasteiger charge is -2.38. The molecule has 11 N–H and O–H groups in total. The standard InChI is InChI=1S/C21H20O11.C6H14N2O2/c22-9-3-1-8(2-4-9)13-7-12(24)15-11(23)5-10(6-14(15)31-13)30-21-18(27)16(25)17(26)19(32-21)20(28)29;7-4-2-1-3-5(8)6(9)10/h1-6,13,16-19,21-23,25-27H,7H2,(H,28,29);5H,1-4,7-8H2,(H,9,10)/t13?,16-,17-,18+,19-,21+;/m0./s1. The average molecular weight is 595 g/mol. The molecule has 2 heterocycles. The molecule has 0 spiro atoms. The highest BCUT2D eigenvalue weighted by Crippen LogP contribution is 2.42. The fraction of sp³-hybridized carbons (Fsp3) is 0.444. The molecule has 2 aliphatic rings. The van der Waals surface area contributed by atoms with Gasteiger partial charge < -0.3 is 61.4 Å². The van der Waals surface area contributed by atoms with E-state index in [1.807, 2.05) is 0 Å². The number of hydrogen-bond acceptors (Lipinski definition) is 13. The SMILES string of the molecule is NCCCCC(N)C(=O)O.O=C1CC(c2ccc(O)cc2)Oc2cc(O[C@@H]3O[C@H](C(=O)O)[C@@H](O)[C@H](O)[C@H]3O)cc(O)c21. The van der Waals surface area contributed by atoms with Crippen LogP contribution in [0.15, 0.2) is 36.4 Å². The summed E-state index contributed by atoms with van der Waals surface area (Å²) in [5.74, 6) is -3.48. The second kappa shape index (κ2) is 14.3. The Morgan fingerprint density at radius 1 is 1.00 bits per heavy atom. The van der Waals surface area contributed by atoms with Gasteiger partial charge in [0.1, 0.15) is 59.0 Å². The number of ether oxygens (including phenoxy) is 3. The molecule has 1 saturated heterocycles. The van der Waals surface area contributed by atoms with E-state index >= 15 is 0 Å². The minimum atomic E-state index is -1.88. The summed E-state index contributed by atoms with van der Waals surface area (Å²) >= 11 is 0. The summed E-state index contributed by atoms with van der Waals surface area (Å²) in [5, 5.41) is 67.0. The highest BCUT2D eigenvalue weighted by Gasteiger charge is 2.48. The van der Waals surface area contributed by atoms with E-state index in [9.17, 15) is 39.9 Å². The van der Waals surface area contributed by atoms with Gasteiger partial charge in [-0.05, 0) is 37.1 Å². The smallest absolute Gasteiger partial charge is 0.335 e. The molecule has 4 rings (SSSR count). The number of unbranched alkanes of at least 4 members (excludes halogenated alkanes) is 1. The van der Waals surface area contributed by atoms with Gasteiger partial charge in [0.25, 0.3) is 0 Å². The van der Waals surface area contributed by atoms with Crippen LogP contribution in [0.25, 0.3) is 0 Å². The zero-order valence-corrected chi connectivity index (χ0v) is 22.3. The van der Waals surface area contributed by atoms with Crippen molar-refractivity contribution in [1.82, 2.24) is 0 Å². The van der Waals surface area contributed by atoms with Crippen LogP contribution in [0.1, 0.15) is 47.7 Å². The molecule has 15 heteroatoms. The van der Waals surface area contributed by atoms with Crippen molar-refractivity contribution < 1.29 is 64.3 Å². The highest BCUT2D eigenvalue weighted by atomic mass is 16.7. The summed E-state index contributed by atoms with van der Waals surface area (Å²) in [7, 11) is 0. The molecule has 0 saturated carbocycles. The second-order valence-electron chi connectivity index (χ2n) is 9.72. The number of aliphatic hydroxyl groups is 3. The quantitative estimate of drug-likeness (QED) is 0.167. The molecule has 2 aromatic carbocycles. The number of ketones is 1. The maximum atomic E-state index is 12.6. The minimum Gasteiger partial charge on any atom is -0.508 e. The number of aliphatic hydroxyl groups excluding tert-OH is 3. The maximum absolute atomic E-state index is 12.6. The third-order valence-electron chi connectivity index (χ3n) is 6.59. The molecule has 1 fully saturated rings. The minimum absolute atomic E-state index is 0.0185. The monoisotopic (exact) mass is 594 g/mol. The lowest BCUT2D eigenvalue weighted by Crippen LogP contribution is -2.61. The Balaban J connectivity index is 0.000000416. The molecule has 0 amide bonds. The van der Waals surface area contributed by atoms with Crippen molar-refractivity contribution in [3.05, 3.63) is 47.5 Å². The molecular formula is C27H34N2O13. The van der Waals surface area contributed by atoms with Crippen LogP contribution >= 0.6 is 0 Å². The number of rotatable bonds is 9. The van der Waals surface area contributed by atoms with Gasteiger partial charge in [-0.15, -0.1) is 0 Å². The Morgan fingerprint density at radius 3 is 2.26 bits per heavy atom. The van der Waals surface area contributed by atoms with Gasteiger partial charge in [-0.3, -0.25) is 9.59 Å².